The lowest BCUT2D eigenvalue weighted by Crippen LogP contribution is -1.98. The van der Waals surface area contributed by atoms with Crippen molar-refractivity contribution in [1.82, 2.24) is 9.78 Å². The smallest absolute Gasteiger partial charge is 0.0677 e. The van der Waals surface area contributed by atoms with Crippen molar-refractivity contribution >= 4 is 0 Å². The van der Waals surface area contributed by atoms with Crippen LogP contribution in [0.25, 0.3) is 5.69 Å². The van der Waals surface area contributed by atoms with Crippen LogP contribution >= 0.6 is 0 Å². The highest BCUT2D eigenvalue weighted by Crippen LogP contribution is 2.15. The molecule has 0 bridgehead atoms. The molecule has 0 aliphatic carbocycles. The predicted octanol–water partition coefficient (Wildman–Crippen LogP) is 1.95. The van der Waals surface area contributed by atoms with E-state index in [1.54, 1.807) is 0 Å². The summed E-state index contributed by atoms with van der Waals surface area (Å²) >= 11 is 0. The first kappa shape index (κ1) is 9.93. The molecule has 0 amide bonds. The van der Waals surface area contributed by atoms with Gasteiger partial charge in [-0.05, 0) is 31.0 Å². The Morgan fingerprint density at radius 2 is 2.13 bits per heavy atom. The molecule has 0 radical (unpaired) electrons. The third kappa shape index (κ3) is 1.92. The molecule has 1 aromatic carbocycles. The van der Waals surface area contributed by atoms with Crippen LogP contribution in [0.4, 0.5) is 0 Å². The molecule has 0 unspecified atom stereocenters. The first-order valence-electron chi connectivity index (χ1n) is 5.02. The minimum atomic E-state index is 0.533. The van der Waals surface area contributed by atoms with Gasteiger partial charge < -0.3 is 5.73 Å². The fourth-order valence-corrected chi connectivity index (χ4v) is 1.56. The van der Waals surface area contributed by atoms with Gasteiger partial charge in [0.05, 0.1) is 11.9 Å². The van der Waals surface area contributed by atoms with Gasteiger partial charge in [-0.25, -0.2) is 4.68 Å². The fourth-order valence-electron chi connectivity index (χ4n) is 1.56. The topological polar surface area (TPSA) is 43.8 Å². The van der Waals surface area contributed by atoms with E-state index in [1.807, 2.05) is 17.1 Å². The Hall–Kier alpha value is -1.61. The lowest BCUT2D eigenvalue weighted by Gasteiger charge is -2.06. The molecule has 0 fully saturated rings. The maximum Gasteiger partial charge on any atom is 0.0677 e. The Morgan fingerprint density at radius 3 is 2.80 bits per heavy atom. The number of aryl methyl sites for hydroxylation is 2. The Labute approximate surface area is 89.5 Å². The number of rotatable bonds is 2. The quantitative estimate of drug-likeness (QED) is 0.807. The summed E-state index contributed by atoms with van der Waals surface area (Å²) in [5.41, 5.74) is 10.2. The molecular formula is C12H15N3. The average Bonchev–Trinajstić information content (AvgIpc) is 2.70. The largest absolute Gasteiger partial charge is 0.326 e. The van der Waals surface area contributed by atoms with Crippen LogP contribution in [0.5, 0.6) is 0 Å². The third-order valence-electron chi connectivity index (χ3n) is 2.48. The standard InChI is InChI=1S/C12H15N3/c1-9-3-4-10(2)12(5-9)15-8-11(6-13)7-14-15/h3-5,7-8H,6,13H2,1-2H3. The van der Waals surface area contributed by atoms with Crippen molar-refractivity contribution in [2.75, 3.05) is 0 Å². The number of hydrogen-bond donors (Lipinski definition) is 1. The molecule has 0 saturated carbocycles. The maximum atomic E-state index is 5.56. The Morgan fingerprint density at radius 1 is 1.33 bits per heavy atom. The first-order chi connectivity index (χ1) is 7.20. The van der Waals surface area contributed by atoms with Gasteiger partial charge in [0.25, 0.3) is 0 Å². The van der Waals surface area contributed by atoms with E-state index in [2.05, 4.69) is 37.1 Å². The molecule has 1 heterocycles. The highest BCUT2D eigenvalue weighted by molar-refractivity contribution is 5.42. The summed E-state index contributed by atoms with van der Waals surface area (Å²) in [6.45, 7) is 4.69. The monoisotopic (exact) mass is 201 g/mol. The summed E-state index contributed by atoms with van der Waals surface area (Å²) in [7, 11) is 0. The minimum Gasteiger partial charge on any atom is -0.326 e. The van der Waals surface area contributed by atoms with E-state index >= 15 is 0 Å². The van der Waals surface area contributed by atoms with E-state index in [-0.39, 0.29) is 0 Å². The Bertz CT molecular complexity index is 471. The van der Waals surface area contributed by atoms with Crippen LogP contribution in [-0.2, 0) is 6.54 Å². The first-order valence-corrected chi connectivity index (χ1v) is 5.02. The molecule has 0 aliphatic heterocycles. The van der Waals surface area contributed by atoms with Crippen LogP contribution in [0, 0.1) is 13.8 Å². The van der Waals surface area contributed by atoms with Crippen molar-refractivity contribution in [2.45, 2.75) is 20.4 Å². The van der Waals surface area contributed by atoms with Gasteiger partial charge in [0.15, 0.2) is 0 Å². The highest BCUT2D eigenvalue weighted by Gasteiger charge is 2.03. The zero-order valence-corrected chi connectivity index (χ0v) is 9.07. The van der Waals surface area contributed by atoms with Gasteiger partial charge in [0.2, 0.25) is 0 Å². The highest BCUT2D eigenvalue weighted by atomic mass is 15.3. The second kappa shape index (κ2) is 3.87. The van der Waals surface area contributed by atoms with Gasteiger partial charge in [-0.15, -0.1) is 0 Å². The second-order valence-electron chi connectivity index (χ2n) is 3.79. The molecule has 3 nitrogen and oxygen atoms in total. The van der Waals surface area contributed by atoms with Crippen LogP contribution in [0.15, 0.2) is 30.6 Å². The molecule has 0 aliphatic rings. The average molecular weight is 201 g/mol. The van der Waals surface area contributed by atoms with Crippen LogP contribution in [0.2, 0.25) is 0 Å². The molecule has 2 rings (SSSR count). The molecule has 0 spiro atoms. The molecule has 2 N–H and O–H groups in total. The lowest BCUT2D eigenvalue weighted by molar-refractivity contribution is 0.870. The van der Waals surface area contributed by atoms with Gasteiger partial charge in [0.1, 0.15) is 0 Å². The zero-order chi connectivity index (χ0) is 10.8. The number of nitrogens with zero attached hydrogens (tertiary/aromatic N) is 2. The van der Waals surface area contributed by atoms with Crippen molar-refractivity contribution < 1.29 is 0 Å². The van der Waals surface area contributed by atoms with E-state index in [0.29, 0.717) is 6.54 Å². The van der Waals surface area contributed by atoms with Crippen molar-refractivity contribution in [1.29, 1.82) is 0 Å². The molecular weight excluding hydrogens is 186 g/mol. The predicted molar refractivity (Wildman–Crippen MR) is 60.9 cm³/mol. The molecule has 3 heteroatoms. The fraction of sp³-hybridized carbons (Fsp3) is 0.250. The number of nitrogens with two attached hydrogens (primary N) is 1. The van der Waals surface area contributed by atoms with E-state index in [9.17, 15) is 0 Å². The van der Waals surface area contributed by atoms with Crippen molar-refractivity contribution in [3.63, 3.8) is 0 Å². The SMILES string of the molecule is Cc1ccc(C)c(-n2cc(CN)cn2)c1. The molecule has 1 aromatic heterocycles. The van der Waals surface area contributed by atoms with Gasteiger partial charge in [-0.3, -0.25) is 0 Å². The molecule has 0 saturated heterocycles. The summed E-state index contributed by atoms with van der Waals surface area (Å²) in [6, 6.07) is 6.34. The second-order valence-corrected chi connectivity index (χ2v) is 3.79. The van der Waals surface area contributed by atoms with Crippen LogP contribution < -0.4 is 5.73 Å². The van der Waals surface area contributed by atoms with E-state index in [0.717, 1.165) is 11.3 Å². The summed E-state index contributed by atoms with van der Waals surface area (Å²) in [5, 5.41) is 4.30. The van der Waals surface area contributed by atoms with Crippen LogP contribution in [0.3, 0.4) is 0 Å². The van der Waals surface area contributed by atoms with Gasteiger partial charge in [-0.1, -0.05) is 12.1 Å². The number of aromatic nitrogens is 2. The normalized spacial score (nSPS) is 10.6. The van der Waals surface area contributed by atoms with Crippen LogP contribution in [-0.4, -0.2) is 9.78 Å². The summed E-state index contributed by atoms with van der Waals surface area (Å²) in [4.78, 5) is 0. The van der Waals surface area contributed by atoms with Crippen LogP contribution in [0.1, 0.15) is 16.7 Å². The Kier molecular flexibility index (Phi) is 2.56. The third-order valence-corrected chi connectivity index (χ3v) is 2.48. The van der Waals surface area contributed by atoms with E-state index in [4.69, 9.17) is 5.73 Å². The van der Waals surface area contributed by atoms with Crippen molar-refractivity contribution in [3.8, 4) is 5.69 Å². The van der Waals surface area contributed by atoms with Crippen molar-refractivity contribution in [3.05, 3.63) is 47.3 Å². The molecule has 78 valence electrons. The van der Waals surface area contributed by atoms with E-state index < -0.39 is 0 Å². The maximum absolute atomic E-state index is 5.56. The molecule has 15 heavy (non-hydrogen) atoms. The zero-order valence-electron chi connectivity index (χ0n) is 9.07. The minimum absolute atomic E-state index is 0.533. The van der Waals surface area contributed by atoms with Gasteiger partial charge in [-0.2, -0.15) is 5.10 Å². The Balaban J connectivity index is 2.48. The number of hydrogen-bond acceptors (Lipinski definition) is 2. The summed E-state index contributed by atoms with van der Waals surface area (Å²) < 4.78 is 1.88. The summed E-state index contributed by atoms with van der Waals surface area (Å²) in [6.07, 6.45) is 3.78. The van der Waals surface area contributed by atoms with Gasteiger partial charge in [0, 0.05) is 18.3 Å². The number of benzene rings is 1. The van der Waals surface area contributed by atoms with E-state index in [1.165, 1.54) is 11.1 Å². The lowest BCUT2D eigenvalue weighted by atomic mass is 10.1. The summed E-state index contributed by atoms with van der Waals surface area (Å²) in [5.74, 6) is 0. The van der Waals surface area contributed by atoms with Crippen molar-refractivity contribution in [2.24, 2.45) is 5.73 Å². The molecule has 0 atom stereocenters. The van der Waals surface area contributed by atoms with Gasteiger partial charge >= 0.3 is 0 Å². The molecule has 2 aromatic rings.